The second-order valence-electron chi connectivity index (χ2n) is 5.97. The zero-order valence-electron chi connectivity index (χ0n) is 13.1. The van der Waals surface area contributed by atoms with E-state index in [1.807, 2.05) is 4.90 Å². The Labute approximate surface area is 166 Å². The Balaban J connectivity index is 3.41. The largest absolute Gasteiger partial charge is 0.340 e. The fraction of sp³-hybridized carbons (Fsp3) is 0.769. The maximum absolute atomic E-state index is 5.90. The van der Waals surface area contributed by atoms with Gasteiger partial charge in [0.05, 0.1) is 0 Å². The molecule has 0 unspecified atom stereocenters. The number of hydrogen-bond donors (Lipinski definition) is 0. The van der Waals surface area contributed by atoms with Gasteiger partial charge < -0.3 is 4.90 Å². The van der Waals surface area contributed by atoms with Gasteiger partial charge in [-0.2, -0.15) is 9.97 Å². The van der Waals surface area contributed by atoms with E-state index >= 15 is 0 Å². The van der Waals surface area contributed by atoms with Crippen LogP contribution < -0.4 is 4.90 Å². The molecule has 0 bridgehead atoms. The molecule has 0 aliphatic rings. The summed E-state index contributed by atoms with van der Waals surface area (Å²) in [6, 6.07) is 0. The first-order valence-corrected chi connectivity index (χ1v) is 9.23. The van der Waals surface area contributed by atoms with Gasteiger partial charge in [-0.1, -0.05) is 97.3 Å². The highest BCUT2D eigenvalue weighted by Gasteiger charge is 2.34. The molecule has 0 saturated carbocycles. The average Bonchev–Trinajstić information content (AvgIpc) is 2.34. The number of rotatable bonds is 5. The number of aromatic nitrogens is 3. The van der Waals surface area contributed by atoms with Gasteiger partial charge in [-0.05, 0) is 11.8 Å². The Bertz CT molecular complexity index is 482. The third kappa shape index (κ3) is 7.13. The van der Waals surface area contributed by atoms with Gasteiger partial charge in [0.2, 0.25) is 13.5 Å². The van der Waals surface area contributed by atoms with Gasteiger partial charge in [-0.15, -0.1) is 0 Å². The molecule has 0 spiro atoms. The van der Waals surface area contributed by atoms with Crippen molar-refractivity contribution in [2.24, 2.45) is 11.8 Å². The SMILES string of the molecule is CC(C)CN(CC(C)C)c1nc(C(Cl)(Cl)Cl)nc(C(Cl)(Cl)Cl)n1. The highest BCUT2D eigenvalue weighted by Crippen LogP contribution is 2.40. The van der Waals surface area contributed by atoms with Crippen molar-refractivity contribution in [2.75, 3.05) is 18.0 Å². The van der Waals surface area contributed by atoms with Crippen molar-refractivity contribution in [1.29, 1.82) is 0 Å². The summed E-state index contributed by atoms with van der Waals surface area (Å²) >= 11 is 35.4. The molecule has 0 aliphatic heterocycles. The summed E-state index contributed by atoms with van der Waals surface area (Å²) in [5.74, 6) is 0.915. The molecule has 0 aromatic carbocycles. The zero-order valence-corrected chi connectivity index (χ0v) is 17.7. The number of nitrogens with zero attached hydrogens (tertiary/aromatic N) is 4. The van der Waals surface area contributed by atoms with E-state index in [4.69, 9.17) is 69.6 Å². The molecule has 0 saturated heterocycles. The molecule has 1 rings (SSSR count). The van der Waals surface area contributed by atoms with Crippen LogP contribution in [0.1, 0.15) is 39.3 Å². The smallest absolute Gasteiger partial charge is 0.250 e. The second-order valence-corrected chi connectivity index (χ2v) is 10.5. The molecule has 10 heteroatoms. The molecule has 0 radical (unpaired) electrons. The van der Waals surface area contributed by atoms with Crippen molar-refractivity contribution >= 4 is 75.6 Å². The third-order valence-corrected chi connectivity index (χ3v) is 3.60. The van der Waals surface area contributed by atoms with E-state index in [0.29, 0.717) is 30.9 Å². The van der Waals surface area contributed by atoms with Gasteiger partial charge in [-0.3, -0.25) is 0 Å². The van der Waals surface area contributed by atoms with E-state index in [1.165, 1.54) is 0 Å². The maximum Gasteiger partial charge on any atom is 0.250 e. The number of halogens is 6. The lowest BCUT2D eigenvalue weighted by Gasteiger charge is -2.27. The number of anilines is 1. The van der Waals surface area contributed by atoms with Crippen LogP contribution in [0, 0.1) is 11.8 Å². The lowest BCUT2D eigenvalue weighted by Crippen LogP contribution is -2.34. The summed E-state index contributed by atoms with van der Waals surface area (Å²) in [5, 5.41) is 0. The fourth-order valence-electron chi connectivity index (χ4n) is 1.88. The molecule has 4 nitrogen and oxygen atoms in total. The maximum atomic E-state index is 5.90. The zero-order chi connectivity index (χ0) is 18.0. The molecule has 0 fully saturated rings. The molecule has 1 heterocycles. The van der Waals surface area contributed by atoms with Crippen LogP contribution in [0.3, 0.4) is 0 Å². The van der Waals surface area contributed by atoms with Gasteiger partial charge in [-0.25, -0.2) is 4.98 Å². The fourth-order valence-corrected chi connectivity index (χ4v) is 2.39. The highest BCUT2D eigenvalue weighted by molar-refractivity contribution is 6.67. The van der Waals surface area contributed by atoms with E-state index < -0.39 is 7.59 Å². The van der Waals surface area contributed by atoms with Crippen molar-refractivity contribution in [1.82, 2.24) is 15.0 Å². The Morgan fingerprint density at radius 1 is 0.739 bits per heavy atom. The van der Waals surface area contributed by atoms with Crippen molar-refractivity contribution in [3.63, 3.8) is 0 Å². The Morgan fingerprint density at radius 2 is 1.09 bits per heavy atom. The Hall–Kier alpha value is 0.550. The van der Waals surface area contributed by atoms with E-state index in [0.717, 1.165) is 0 Å². The van der Waals surface area contributed by atoms with Gasteiger partial charge >= 0.3 is 0 Å². The number of hydrogen-bond acceptors (Lipinski definition) is 4. The summed E-state index contributed by atoms with van der Waals surface area (Å²) in [6.45, 7) is 9.75. The Kier molecular flexibility index (Phi) is 7.78. The summed E-state index contributed by atoms with van der Waals surface area (Å²) in [6.07, 6.45) is 0. The standard InChI is InChI=1S/C13H18Cl6N4/c1-7(2)5-23(6-8(3)4)11-21-9(12(14,15)16)20-10(22-11)13(17,18)19/h7-8H,5-6H2,1-4H3. The second kappa shape index (κ2) is 8.29. The molecule has 0 aliphatic carbocycles. The molecular formula is C13H18Cl6N4. The van der Waals surface area contributed by atoms with Crippen molar-refractivity contribution in [3.8, 4) is 0 Å². The monoisotopic (exact) mass is 440 g/mol. The average molecular weight is 443 g/mol. The van der Waals surface area contributed by atoms with Crippen LogP contribution in [0.15, 0.2) is 0 Å². The molecular weight excluding hydrogens is 425 g/mol. The summed E-state index contributed by atoms with van der Waals surface area (Å²) in [5.41, 5.74) is 0. The first-order valence-electron chi connectivity index (χ1n) is 6.96. The molecule has 1 aromatic rings. The van der Waals surface area contributed by atoms with Gasteiger partial charge in [0, 0.05) is 13.1 Å². The first-order chi connectivity index (χ1) is 10.3. The molecule has 0 N–H and O–H groups in total. The highest BCUT2D eigenvalue weighted by atomic mass is 35.6. The molecule has 1 aromatic heterocycles. The summed E-state index contributed by atoms with van der Waals surface area (Å²) < 4.78 is -3.69. The Morgan fingerprint density at radius 3 is 1.35 bits per heavy atom. The van der Waals surface area contributed by atoms with Crippen LogP contribution in [0.5, 0.6) is 0 Å². The van der Waals surface area contributed by atoms with E-state index in [1.54, 1.807) is 0 Å². The molecule has 0 atom stereocenters. The summed E-state index contributed by atoms with van der Waals surface area (Å²) in [7, 11) is 0. The molecule has 23 heavy (non-hydrogen) atoms. The minimum atomic E-state index is -1.84. The van der Waals surface area contributed by atoms with Crippen molar-refractivity contribution in [3.05, 3.63) is 11.6 Å². The normalized spacial score (nSPS) is 13.0. The summed E-state index contributed by atoms with van der Waals surface area (Å²) in [4.78, 5) is 14.5. The predicted molar refractivity (Wildman–Crippen MR) is 100 cm³/mol. The first kappa shape index (κ1) is 21.6. The van der Waals surface area contributed by atoms with Gasteiger partial charge in [0.15, 0.2) is 11.6 Å². The van der Waals surface area contributed by atoms with Crippen molar-refractivity contribution in [2.45, 2.75) is 35.3 Å². The van der Waals surface area contributed by atoms with E-state index in [9.17, 15) is 0 Å². The van der Waals surface area contributed by atoms with Crippen LogP contribution in [-0.2, 0) is 7.59 Å². The minimum Gasteiger partial charge on any atom is -0.340 e. The van der Waals surface area contributed by atoms with E-state index in [-0.39, 0.29) is 11.6 Å². The molecule has 132 valence electrons. The third-order valence-electron chi connectivity index (χ3n) is 2.58. The quantitative estimate of drug-likeness (QED) is 0.553. The topological polar surface area (TPSA) is 41.9 Å². The molecule has 0 amide bonds. The van der Waals surface area contributed by atoms with Crippen LogP contribution >= 0.6 is 69.6 Å². The van der Waals surface area contributed by atoms with Crippen LogP contribution in [0.25, 0.3) is 0 Å². The lowest BCUT2D eigenvalue weighted by atomic mass is 10.1. The van der Waals surface area contributed by atoms with Crippen LogP contribution in [0.4, 0.5) is 5.95 Å². The lowest BCUT2D eigenvalue weighted by molar-refractivity contribution is 0.541. The van der Waals surface area contributed by atoms with E-state index in [2.05, 4.69) is 42.6 Å². The predicted octanol–water partition coefficient (Wildman–Crippen LogP) is 5.64. The minimum absolute atomic E-state index is 0.0775. The van der Waals surface area contributed by atoms with Crippen molar-refractivity contribution < 1.29 is 0 Å². The number of alkyl halides is 6. The van der Waals surface area contributed by atoms with Gasteiger partial charge in [0.25, 0.3) is 0 Å². The van der Waals surface area contributed by atoms with Crippen LogP contribution in [-0.4, -0.2) is 28.0 Å². The van der Waals surface area contributed by atoms with Crippen LogP contribution in [0.2, 0.25) is 0 Å². The van der Waals surface area contributed by atoms with Gasteiger partial charge in [0.1, 0.15) is 0 Å².